The fraction of sp³-hybridized carbons (Fsp3) is 0.667. The van der Waals surface area contributed by atoms with Crippen LogP contribution in [0.2, 0.25) is 0 Å². The number of benzene rings is 1. The fourth-order valence-corrected chi connectivity index (χ4v) is 4.47. The first-order chi connectivity index (χ1) is 13.0. The molecule has 2 heterocycles. The van der Waals surface area contributed by atoms with Crippen molar-refractivity contribution in [3.05, 3.63) is 29.3 Å². The van der Waals surface area contributed by atoms with E-state index in [0.29, 0.717) is 24.1 Å². The van der Waals surface area contributed by atoms with E-state index in [1.165, 1.54) is 0 Å². The van der Waals surface area contributed by atoms with Crippen LogP contribution in [0.3, 0.4) is 0 Å². The van der Waals surface area contributed by atoms with Crippen molar-refractivity contribution in [3.8, 4) is 5.75 Å². The Morgan fingerprint density at radius 1 is 1.19 bits per heavy atom. The Morgan fingerprint density at radius 2 is 1.93 bits per heavy atom. The summed E-state index contributed by atoms with van der Waals surface area (Å²) in [6, 6.07) is 5.71. The number of carbonyl (C=O) groups excluding carboxylic acids is 1. The third-order valence-electron chi connectivity index (χ3n) is 6.10. The van der Waals surface area contributed by atoms with Gasteiger partial charge in [-0.25, -0.2) is 0 Å². The number of phenols is 1. The van der Waals surface area contributed by atoms with Gasteiger partial charge in [-0.2, -0.15) is 0 Å². The van der Waals surface area contributed by atoms with E-state index in [2.05, 4.69) is 16.8 Å². The molecular weight excluding hydrogens is 342 g/mol. The highest BCUT2D eigenvalue weighted by molar-refractivity contribution is 5.97. The SMILES string of the molecule is Cc1ccc(C(=O)N2CC[C@H](N3CCN(C)CC3)[C@H](CCCO)C2)c(O)c1. The van der Waals surface area contributed by atoms with Gasteiger partial charge >= 0.3 is 0 Å². The van der Waals surface area contributed by atoms with Crippen LogP contribution < -0.4 is 0 Å². The van der Waals surface area contributed by atoms with Crippen molar-refractivity contribution in [2.24, 2.45) is 5.92 Å². The molecular formula is C21H33N3O3. The highest BCUT2D eigenvalue weighted by atomic mass is 16.3. The number of aliphatic hydroxyl groups is 1. The van der Waals surface area contributed by atoms with Crippen LogP contribution >= 0.6 is 0 Å². The second kappa shape index (κ2) is 9.04. The van der Waals surface area contributed by atoms with Gasteiger partial charge in [0.25, 0.3) is 5.91 Å². The minimum atomic E-state index is -0.0849. The molecule has 150 valence electrons. The second-order valence-electron chi connectivity index (χ2n) is 8.09. The van der Waals surface area contributed by atoms with Crippen molar-refractivity contribution in [2.75, 3.05) is 52.9 Å². The molecule has 6 nitrogen and oxygen atoms in total. The molecule has 2 fully saturated rings. The highest BCUT2D eigenvalue weighted by Crippen LogP contribution is 2.29. The van der Waals surface area contributed by atoms with Gasteiger partial charge < -0.3 is 20.0 Å². The molecule has 0 spiro atoms. The Kier molecular flexibility index (Phi) is 6.73. The molecule has 1 aromatic rings. The number of phenolic OH excluding ortho intramolecular Hbond substituents is 1. The standard InChI is InChI=1S/C21H33N3O3/c1-16-5-6-18(20(26)14-16)21(27)24-8-7-19(17(15-24)4-3-13-25)23-11-9-22(2)10-12-23/h5-6,14,17,19,25-26H,3-4,7-13,15H2,1-2H3/t17-,19+/m1/s1. The average molecular weight is 376 g/mol. The molecule has 0 saturated carbocycles. The predicted molar refractivity (Wildman–Crippen MR) is 106 cm³/mol. The molecule has 0 aromatic heterocycles. The first kappa shape index (κ1) is 20.1. The first-order valence-corrected chi connectivity index (χ1v) is 10.1. The van der Waals surface area contributed by atoms with Gasteiger partial charge in [0.15, 0.2) is 0 Å². The lowest BCUT2D eigenvalue weighted by molar-refractivity contribution is 0.0217. The van der Waals surface area contributed by atoms with E-state index in [0.717, 1.165) is 57.5 Å². The number of amides is 1. The molecule has 0 bridgehead atoms. The summed E-state index contributed by atoms with van der Waals surface area (Å²) >= 11 is 0. The van der Waals surface area contributed by atoms with E-state index in [9.17, 15) is 15.0 Å². The summed E-state index contributed by atoms with van der Waals surface area (Å²) in [7, 11) is 2.16. The molecule has 2 aliphatic rings. The van der Waals surface area contributed by atoms with Crippen LogP contribution in [0.25, 0.3) is 0 Å². The van der Waals surface area contributed by atoms with Crippen LogP contribution in [0.15, 0.2) is 18.2 Å². The maximum absolute atomic E-state index is 13.0. The second-order valence-corrected chi connectivity index (χ2v) is 8.09. The van der Waals surface area contributed by atoms with E-state index in [-0.39, 0.29) is 18.3 Å². The van der Waals surface area contributed by atoms with E-state index < -0.39 is 0 Å². The molecule has 1 aromatic carbocycles. The number of hydrogen-bond donors (Lipinski definition) is 2. The molecule has 0 aliphatic carbocycles. The van der Waals surface area contributed by atoms with Gasteiger partial charge in [0.2, 0.25) is 0 Å². The summed E-state index contributed by atoms with van der Waals surface area (Å²) in [4.78, 5) is 19.8. The van der Waals surface area contributed by atoms with Crippen molar-refractivity contribution >= 4 is 5.91 Å². The summed E-state index contributed by atoms with van der Waals surface area (Å²) in [6.45, 7) is 7.83. The van der Waals surface area contributed by atoms with Gasteiger partial charge in [-0.3, -0.25) is 9.69 Å². The van der Waals surface area contributed by atoms with Crippen molar-refractivity contribution in [1.82, 2.24) is 14.7 Å². The van der Waals surface area contributed by atoms with Crippen LogP contribution in [0.4, 0.5) is 0 Å². The topological polar surface area (TPSA) is 67.3 Å². The Balaban J connectivity index is 1.70. The number of rotatable bonds is 5. The number of piperazine rings is 1. The van der Waals surface area contributed by atoms with E-state index in [1.54, 1.807) is 12.1 Å². The number of carbonyl (C=O) groups is 1. The summed E-state index contributed by atoms with van der Waals surface area (Å²) in [5.74, 6) is 0.345. The molecule has 27 heavy (non-hydrogen) atoms. The van der Waals surface area contributed by atoms with Gasteiger partial charge in [-0.15, -0.1) is 0 Å². The van der Waals surface area contributed by atoms with E-state index in [4.69, 9.17) is 0 Å². The predicted octanol–water partition coefficient (Wildman–Crippen LogP) is 1.55. The molecule has 3 rings (SSSR count). The van der Waals surface area contributed by atoms with Gasteiger partial charge in [0.1, 0.15) is 5.75 Å². The zero-order chi connectivity index (χ0) is 19.4. The van der Waals surface area contributed by atoms with Crippen molar-refractivity contribution in [2.45, 2.75) is 32.2 Å². The molecule has 2 aliphatic heterocycles. The number of aromatic hydroxyl groups is 1. The number of likely N-dealkylation sites (tertiary alicyclic amines) is 1. The van der Waals surface area contributed by atoms with Gasteiger partial charge in [-0.05, 0) is 56.8 Å². The van der Waals surface area contributed by atoms with E-state index in [1.807, 2.05) is 17.9 Å². The highest BCUT2D eigenvalue weighted by Gasteiger charge is 2.36. The Hall–Kier alpha value is -1.63. The van der Waals surface area contributed by atoms with E-state index >= 15 is 0 Å². The third-order valence-corrected chi connectivity index (χ3v) is 6.10. The summed E-state index contributed by atoms with van der Waals surface area (Å²) in [6.07, 6.45) is 2.65. The quantitative estimate of drug-likeness (QED) is 0.817. The minimum Gasteiger partial charge on any atom is -0.507 e. The van der Waals surface area contributed by atoms with Gasteiger partial charge in [0.05, 0.1) is 5.56 Å². The number of nitrogens with zero attached hydrogens (tertiary/aromatic N) is 3. The normalized spacial score (nSPS) is 24.9. The molecule has 2 saturated heterocycles. The van der Waals surface area contributed by atoms with Crippen LogP contribution in [0, 0.1) is 12.8 Å². The largest absolute Gasteiger partial charge is 0.507 e. The average Bonchev–Trinajstić information content (AvgIpc) is 2.66. The summed E-state index contributed by atoms with van der Waals surface area (Å²) < 4.78 is 0. The number of aryl methyl sites for hydroxylation is 1. The van der Waals surface area contributed by atoms with Crippen LogP contribution in [-0.2, 0) is 0 Å². The minimum absolute atomic E-state index is 0.0631. The van der Waals surface area contributed by atoms with Crippen molar-refractivity contribution in [3.63, 3.8) is 0 Å². The van der Waals surface area contributed by atoms with Crippen LogP contribution in [0.5, 0.6) is 5.75 Å². The molecule has 0 radical (unpaired) electrons. The lowest BCUT2D eigenvalue weighted by Gasteiger charge is -2.46. The number of hydrogen-bond acceptors (Lipinski definition) is 5. The lowest BCUT2D eigenvalue weighted by atomic mass is 9.86. The van der Waals surface area contributed by atoms with Gasteiger partial charge in [0, 0.05) is 51.9 Å². The van der Waals surface area contributed by atoms with Crippen molar-refractivity contribution in [1.29, 1.82) is 0 Å². The summed E-state index contributed by atoms with van der Waals surface area (Å²) in [5.41, 5.74) is 1.33. The van der Waals surface area contributed by atoms with Crippen molar-refractivity contribution < 1.29 is 15.0 Å². The molecule has 1 amide bonds. The molecule has 0 unspecified atom stereocenters. The molecule has 2 atom stereocenters. The molecule has 6 heteroatoms. The molecule has 2 N–H and O–H groups in total. The maximum Gasteiger partial charge on any atom is 0.257 e. The third kappa shape index (κ3) is 4.81. The Bertz CT molecular complexity index is 644. The summed E-state index contributed by atoms with van der Waals surface area (Å²) in [5, 5.41) is 19.5. The monoisotopic (exact) mass is 375 g/mol. The first-order valence-electron chi connectivity index (χ1n) is 10.1. The number of piperidine rings is 1. The number of likely N-dealkylation sites (N-methyl/N-ethyl adjacent to an activating group) is 1. The lowest BCUT2D eigenvalue weighted by Crippen LogP contribution is -2.56. The smallest absolute Gasteiger partial charge is 0.257 e. The van der Waals surface area contributed by atoms with Crippen LogP contribution in [0.1, 0.15) is 35.2 Å². The fourth-order valence-electron chi connectivity index (χ4n) is 4.47. The maximum atomic E-state index is 13.0. The Morgan fingerprint density at radius 3 is 2.59 bits per heavy atom. The number of aliphatic hydroxyl groups excluding tert-OH is 1. The zero-order valence-corrected chi connectivity index (χ0v) is 16.6. The van der Waals surface area contributed by atoms with Crippen LogP contribution in [-0.4, -0.2) is 89.8 Å². The zero-order valence-electron chi connectivity index (χ0n) is 16.6. The van der Waals surface area contributed by atoms with Gasteiger partial charge in [-0.1, -0.05) is 6.07 Å². The Labute approximate surface area is 162 Å².